The molecule has 0 aliphatic rings. The van der Waals surface area contributed by atoms with Gasteiger partial charge < -0.3 is 20.5 Å². The van der Waals surface area contributed by atoms with Crippen LogP contribution in [0.4, 0.5) is 5.82 Å². The maximum atomic E-state index is 13.4. The molecule has 5 aromatic rings. The van der Waals surface area contributed by atoms with Gasteiger partial charge in [-0.2, -0.15) is 0 Å². The van der Waals surface area contributed by atoms with Crippen LogP contribution in [0.1, 0.15) is 15.9 Å². The van der Waals surface area contributed by atoms with E-state index in [1.165, 1.54) is 0 Å². The molecule has 5 rings (SSSR count). The molecule has 0 saturated heterocycles. The third-order valence-corrected chi connectivity index (χ3v) is 5.89. The number of carbonyl (C=O) groups excluding carboxylic acids is 1. The molecule has 35 heavy (non-hydrogen) atoms. The Bertz CT molecular complexity index is 1530. The summed E-state index contributed by atoms with van der Waals surface area (Å²) in [5.74, 6) is 1.08. The number of hydrogen-bond acceptors (Lipinski definition) is 6. The van der Waals surface area contributed by atoms with Crippen LogP contribution in [0, 0.1) is 0 Å². The number of anilines is 1. The van der Waals surface area contributed by atoms with Gasteiger partial charge in [-0.05, 0) is 36.2 Å². The lowest BCUT2D eigenvalue weighted by Crippen LogP contribution is -2.26. The standard InChI is InChI=1S/C27H25N5O3/c1-34-18-12-13-22(35-2)21(16-18)32-25(28)23(27(33)29-15-14-17-8-4-3-5-9-17)24-26(32)31-20-11-7-6-10-19(20)30-24/h3-13,16H,14-15,28H2,1-2H3,(H,29,33). The molecular formula is C27H25N5O3. The van der Waals surface area contributed by atoms with Crippen molar-refractivity contribution >= 4 is 33.9 Å². The van der Waals surface area contributed by atoms with Crippen molar-refractivity contribution < 1.29 is 14.3 Å². The SMILES string of the molecule is COc1ccc(OC)c(-n2c(N)c(C(=O)NCCc3ccccc3)c3nc4ccccc4nc32)c1. The van der Waals surface area contributed by atoms with E-state index in [0.29, 0.717) is 52.3 Å². The number of ether oxygens (including phenoxy) is 2. The van der Waals surface area contributed by atoms with Crippen LogP contribution in [0.3, 0.4) is 0 Å². The smallest absolute Gasteiger partial charge is 0.257 e. The highest BCUT2D eigenvalue weighted by Gasteiger charge is 2.26. The molecule has 2 heterocycles. The van der Waals surface area contributed by atoms with Gasteiger partial charge in [0.1, 0.15) is 28.4 Å². The highest BCUT2D eigenvalue weighted by molar-refractivity contribution is 6.11. The highest BCUT2D eigenvalue weighted by Crippen LogP contribution is 2.36. The molecule has 0 radical (unpaired) electrons. The number of benzene rings is 3. The molecule has 1 amide bonds. The molecule has 0 aliphatic carbocycles. The van der Waals surface area contributed by atoms with Gasteiger partial charge >= 0.3 is 0 Å². The fourth-order valence-electron chi connectivity index (χ4n) is 4.15. The molecular weight excluding hydrogens is 442 g/mol. The summed E-state index contributed by atoms with van der Waals surface area (Å²) in [7, 11) is 3.16. The van der Waals surface area contributed by atoms with Crippen LogP contribution in [0.25, 0.3) is 27.9 Å². The van der Waals surface area contributed by atoms with Crippen LogP contribution >= 0.6 is 0 Å². The number of para-hydroxylation sites is 2. The van der Waals surface area contributed by atoms with Gasteiger partial charge in [-0.1, -0.05) is 42.5 Å². The lowest BCUT2D eigenvalue weighted by Gasteiger charge is -2.14. The summed E-state index contributed by atoms with van der Waals surface area (Å²) in [6.45, 7) is 0.457. The molecule has 0 bridgehead atoms. The minimum absolute atomic E-state index is 0.221. The summed E-state index contributed by atoms with van der Waals surface area (Å²) >= 11 is 0. The van der Waals surface area contributed by atoms with Crippen molar-refractivity contribution in [3.8, 4) is 17.2 Å². The zero-order valence-electron chi connectivity index (χ0n) is 19.5. The number of rotatable bonds is 7. The molecule has 0 aliphatic heterocycles. The maximum Gasteiger partial charge on any atom is 0.257 e. The number of nitrogens with two attached hydrogens (primary N) is 1. The first-order valence-corrected chi connectivity index (χ1v) is 11.2. The van der Waals surface area contributed by atoms with Gasteiger partial charge in [-0.3, -0.25) is 9.36 Å². The first-order chi connectivity index (χ1) is 17.1. The van der Waals surface area contributed by atoms with Crippen LogP contribution in [0.15, 0.2) is 72.8 Å². The number of methoxy groups -OCH3 is 2. The molecule has 8 heteroatoms. The zero-order valence-corrected chi connectivity index (χ0v) is 19.5. The monoisotopic (exact) mass is 467 g/mol. The number of nitrogen functional groups attached to an aromatic ring is 1. The fourth-order valence-corrected chi connectivity index (χ4v) is 4.15. The third-order valence-electron chi connectivity index (χ3n) is 5.89. The Hall–Kier alpha value is -4.59. The average molecular weight is 468 g/mol. The van der Waals surface area contributed by atoms with Crippen LogP contribution in [-0.2, 0) is 6.42 Å². The summed E-state index contributed by atoms with van der Waals surface area (Å²) in [6.07, 6.45) is 0.698. The number of carbonyl (C=O) groups is 1. The van der Waals surface area contributed by atoms with Gasteiger partial charge in [0.15, 0.2) is 5.65 Å². The second-order valence-electron chi connectivity index (χ2n) is 8.01. The Morgan fingerprint density at radius 3 is 2.37 bits per heavy atom. The van der Waals surface area contributed by atoms with E-state index >= 15 is 0 Å². The summed E-state index contributed by atoms with van der Waals surface area (Å²) < 4.78 is 12.7. The molecule has 3 aromatic carbocycles. The van der Waals surface area contributed by atoms with E-state index in [-0.39, 0.29) is 17.3 Å². The molecule has 3 N–H and O–H groups in total. The largest absolute Gasteiger partial charge is 0.497 e. The van der Waals surface area contributed by atoms with E-state index < -0.39 is 0 Å². The van der Waals surface area contributed by atoms with Crippen LogP contribution < -0.4 is 20.5 Å². The zero-order chi connectivity index (χ0) is 24.4. The summed E-state index contributed by atoms with van der Waals surface area (Å²) in [4.78, 5) is 23.0. The van der Waals surface area contributed by atoms with Crippen molar-refractivity contribution in [2.75, 3.05) is 26.5 Å². The summed E-state index contributed by atoms with van der Waals surface area (Å²) in [6, 6.07) is 22.9. The first-order valence-electron chi connectivity index (χ1n) is 11.2. The Morgan fingerprint density at radius 2 is 1.66 bits per heavy atom. The number of aromatic nitrogens is 3. The quantitative estimate of drug-likeness (QED) is 0.373. The first kappa shape index (κ1) is 22.2. The highest BCUT2D eigenvalue weighted by atomic mass is 16.5. The van der Waals surface area contributed by atoms with E-state index in [2.05, 4.69) is 5.32 Å². The molecule has 0 unspecified atom stereocenters. The Morgan fingerprint density at radius 1 is 0.943 bits per heavy atom. The van der Waals surface area contributed by atoms with Crippen molar-refractivity contribution in [3.05, 3.63) is 83.9 Å². The molecule has 0 spiro atoms. The number of nitrogens with one attached hydrogen (secondary N) is 1. The fraction of sp³-hybridized carbons (Fsp3) is 0.148. The maximum absolute atomic E-state index is 13.4. The Labute approximate surface area is 202 Å². The topological polar surface area (TPSA) is 104 Å². The summed E-state index contributed by atoms with van der Waals surface area (Å²) in [5, 5.41) is 2.99. The molecule has 8 nitrogen and oxygen atoms in total. The van der Waals surface area contributed by atoms with Crippen LogP contribution in [0.2, 0.25) is 0 Å². The second-order valence-corrected chi connectivity index (χ2v) is 8.01. The second kappa shape index (κ2) is 9.34. The lowest BCUT2D eigenvalue weighted by atomic mass is 10.1. The van der Waals surface area contributed by atoms with Crippen LogP contribution in [-0.4, -0.2) is 41.2 Å². The normalized spacial score (nSPS) is 11.0. The number of nitrogens with zero attached hydrogens (tertiary/aromatic N) is 3. The van der Waals surface area contributed by atoms with Gasteiger partial charge in [0, 0.05) is 12.6 Å². The molecule has 0 atom stereocenters. The van der Waals surface area contributed by atoms with E-state index in [4.69, 9.17) is 25.2 Å². The van der Waals surface area contributed by atoms with E-state index in [9.17, 15) is 4.79 Å². The van der Waals surface area contributed by atoms with Crippen molar-refractivity contribution in [2.45, 2.75) is 6.42 Å². The Balaban J connectivity index is 1.65. The van der Waals surface area contributed by atoms with E-state index in [1.54, 1.807) is 37.0 Å². The minimum atomic E-state index is -0.311. The number of hydrogen-bond donors (Lipinski definition) is 2. The summed E-state index contributed by atoms with van der Waals surface area (Å²) in [5.41, 5.74) is 10.9. The Kier molecular flexibility index (Phi) is 5.93. The van der Waals surface area contributed by atoms with E-state index in [1.807, 2.05) is 54.6 Å². The van der Waals surface area contributed by atoms with Crippen molar-refractivity contribution in [3.63, 3.8) is 0 Å². The minimum Gasteiger partial charge on any atom is -0.497 e. The van der Waals surface area contributed by atoms with Gasteiger partial charge in [0.2, 0.25) is 0 Å². The van der Waals surface area contributed by atoms with Gasteiger partial charge in [0.25, 0.3) is 5.91 Å². The number of fused-ring (bicyclic) bond motifs is 2. The predicted molar refractivity (Wildman–Crippen MR) is 136 cm³/mol. The van der Waals surface area contributed by atoms with E-state index in [0.717, 1.165) is 5.56 Å². The lowest BCUT2D eigenvalue weighted by molar-refractivity contribution is 0.0956. The number of amides is 1. The van der Waals surface area contributed by atoms with Gasteiger partial charge in [-0.25, -0.2) is 9.97 Å². The molecule has 0 fully saturated rings. The van der Waals surface area contributed by atoms with Crippen molar-refractivity contribution in [2.24, 2.45) is 0 Å². The van der Waals surface area contributed by atoms with Crippen LogP contribution in [0.5, 0.6) is 11.5 Å². The predicted octanol–water partition coefficient (Wildman–Crippen LogP) is 4.15. The third kappa shape index (κ3) is 4.10. The molecule has 0 saturated carbocycles. The average Bonchev–Trinajstić information content (AvgIpc) is 3.17. The van der Waals surface area contributed by atoms with Gasteiger partial charge in [-0.15, -0.1) is 0 Å². The van der Waals surface area contributed by atoms with Gasteiger partial charge in [0.05, 0.1) is 30.9 Å². The molecule has 2 aromatic heterocycles. The molecule has 176 valence electrons. The van der Waals surface area contributed by atoms with Crippen molar-refractivity contribution in [1.82, 2.24) is 19.9 Å². The van der Waals surface area contributed by atoms with Crippen molar-refractivity contribution in [1.29, 1.82) is 0 Å².